The SMILES string of the molecule is CN=C(NCC1CC(=O)Nc2ccccc21)NCC(C)N1CCN(C)CC1.I. The molecule has 0 spiro atoms. The highest BCUT2D eigenvalue weighted by molar-refractivity contribution is 14.0. The molecule has 3 N–H and O–H groups in total. The molecule has 28 heavy (non-hydrogen) atoms. The second-order valence-electron chi connectivity index (χ2n) is 7.56. The molecule has 1 saturated heterocycles. The zero-order valence-electron chi connectivity index (χ0n) is 17.1. The molecular weight excluding hydrogens is 467 g/mol. The Balaban J connectivity index is 0.00000280. The third-order valence-corrected chi connectivity index (χ3v) is 5.57. The maximum absolute atomic E-state index is 12.0. The first-order valence-corrected chi connectivity index (χ1v) is 9.82. The molecule has 1 amide bonds. The average molecular weight is 500 g/mol. The summed E-state index contributed by atoms with van der Waals surface area (Å²) in [5.41, 5.74) is 2.11. The molecule has 2 aliphatic rings. The van der Waals surface area contributed by atoms with Crippen molar-refractivity contribution in [2.24, 2.45) is 4.99 Å². The van der Waals surface area contributed by atoms with Crippen molar-refractivity contribution in [3.63, 3.8) is 0 Å². The fraction of sp³-hybridized carbons (Fsp3) is 0.600. The summed E-state index contributed by atoms with van der Waals surface area (Å²) in [5, 5.41) is 9.78. The minimum atomic E-state index is 0. The lowest BCUT2D eigenvalue weighted by molar-refractivity contribution is -0.116. The first-order chi connectivity index (χ1) is 13.1. The molecule has 7 nitrogen and oxygen atoms in total. The summed E-state index contributed by atoms with van der Waals surface area (Å²) in [5.74, 6) is 1.02. The van der Waals surface area contributed by atoms with Crippen molar-refractivity contribution in [2.45, 2.75) is 25.3 Å². The molecule has 3 rings (SSSR count). The van der Waals surface area contributed by atoms with Gasteiger partial charge in [-0.1, -0.05) is 18.2 Å². The number of fused-ring (bicyclic) bond motifs is 1. The largest absolute Gasteiger partial charge is 0.356 e. The van der Waals surface area contributed by atoms with Gasteiger partial charge in [0, 0.05) is 70.4 Å². The van der Waals surface area contributed by atoms with Gasteiger partial charge in [-0.05, 0) is 25.6 Å². The highest BCUT2D eigenvalue weighted by Gasteiger charge is 2.25. The summed E-state index contributed by atoms with van der Waals surface area (Å²) < 4.78 is 0. The van der Waals surface area contributed by atoms with Gasteiger partial charge in [-0.2, -0.15) is 0 Å². The number of nitrogens with one attached hydrogen (secondary N) is 3. The van der Waals surface area contributed by atoms with Crippen LogP contribution in [0.15, 0.2) is 29.3 Å². The van der Waals surface area contributed by atoms with Crippen LogP contribution in [0.5, 0.6) is 0 Å². The Morgan fingerprint density at radius 1 is 1.25 bits per heavy atom. The zero-order valence-corrected chi connectivity index (χ0v) is 19.4. The highest BCUT2D eigenvalue weighted by atomic mass is 127. The summed E-state index contributed by atoms with van der Waals surface area (Å²) in [4.78, 5) is 21.2. The standard InChI is InChI=1S/C20H32N6O.HI/c1-15(26-10-8-25(3)9-11-26)13-22-20(21-2)23-14-16-12-19(27)24-18-7-5-4-6-17(16)18;/h4-7,15-16H,8-14H2,1-3H3,(H,24,27)(H2,21,22,23);1H. The molecule has 2 heterocycles. The smallest absolute Gasteiger partial charge is 0.225 e. The number of piperazine rings is 1. The average Bonchev–Trinajstić information content (AvgIpc) is 2.68. The molecule has 1 aromatic carbocycles. The van der Waals surface area contributed by atoms with Crippen LogP contribution in [-0.4, -0.2) is 81.1 Å². The van der Waals surface area contributed by atoms with Gasteiger partial charge < -0.3 is 20.9 Å². The zero-order chi connectivity index (χ0) is 19.2. The van der Waals surface area contributed by atoms with Gasteiger partial charge in [-0.3, -0.25) is 14.7 Å². The van der Waals surface area contributed by atoms with E-state index < -0.39 is 0 Å². The molecular formula is C20H33IN6O. The van der Waals surface area contributed by atoms with E-state index in [-0.39, 0.29) is 35.8 Å². The third-order valence-electron chi connectivity index (χ3n) is 5.57. The quantitative estimate of drug-likeness (QED) is 0.325. The van der Waals surface area contributed by atoms with Gasteiger partial charge in [0.05, 0.1) is 0 Å². The van der Waals surface area contributed by atoms with Gasteiger partial charge in [-0.25, -0.2) is 0 Å². The molecule has 0 saturated carbocycles. The van der Waals surface area contributed by atoms with E-state index in [0.29, 0.717) is 19.0 Å². The maximum atomic E-state index is 12.0. The number of rotatable bonds is 5. The monoisotopic (exact) mass is 500 g/mol. The number of hydrogen-bond acceptors (Lipinski definition) is 4. The number of benzene rings is 1. The number of guanidine groups is 1. The van der Waals surface area contributed by atoms with Crippen LogP contribution in [0.3, 0.4) is 0 Å². The number of nitrogens with zero attached hydrogens (tertiary/aromatic N) is 3. The van der Waals surface area contributed by atoms with Gasteiger partial charge in [-0.15, -0.1) is 24.0 Å². The Labute approximate surface area is 185 Å². The molecule has 2 atom stereocenters. The second-order valence-corrected chi connectivity index (χ2v) is 7.56. The number of para-hydroxylation sites is 1. The minimum Gasteiger partial charge on any atom is -0.356 e. The lowest BCUT2D eigenvalue weighted by atomic mass is 9.90. The predicted molar refractivity (Wildman–Crippen MR) is 126 cm³/mol. The number of halogens is 1. The van der Waals surface area contributed by atoms with Crippen molar-refractivity contribution in [3.8, 4) is 0 Å². The fourth-order valence-electron chi connectivity index (χ4n) is 3.76. The predicted octanol–water partition coefficient (Wildman–Crippen LogP) is 1.53. The molecule has 2 unspecified atom stereocenters. The van der Waals surface area contributed by atoms with Gasteiger partial charge in [0.1, 0.15) is 0 Å². The van der Waals surface area contributed by atoms with Crippen LogP contribution in [0.4, 0.5) is 5.69 Å². The normalized spacial score (nSPS) is 21.9. The summed E-state index contributed by atoms with van der Waals surface area (Å²) in [6.07, 6.45) is 0.499. The molecule has 0 bridgehead atoms. The van der Waals surface area contributed by atoms with Crippen LogP contribution in [0, 0.1) is 0 Å². The van der Waals surface area contributed by atoms with Gasteiger partial charge in [0.15, 0.2) is 5.96 Å². The number of anilines is 1. The van der Waals surface area contributed by atoms with Crippen LogP contribution < -0.4 is 16.0 Å². The van der Waals surface area contributed by atoms with Gasteiger partial charge >= 0.3 is 0 Å². The molecule has 156 valence electrons. The molecule has 1 fully saturated rings. The summed E-state index contributed by atoms with van der Waals surface area (Å²) >= 11 is 0. The minimum absolute atomic E-state index is 0. The van der Waals surface area contributed by atoms with Crippen molar-refractivity contribution < 1.29 is 4.79 Å². The van der Waals surface area contributed by atoms with E-state index in [4.69, 9.17) is 0 Å². The van der Waals surface area contributed by atoms with E-state index in [1.54, 1.807) is 7.05 Å². The Kier molecular flexibility index (Phi) is 8.97. The molecule has 2 aliphatic heterocycles. The van der Waals surface area contributed by atoms with Gasteiger partial charge in [0.25, 0.3) is 0 Å². The van der Waals surface area contributed by atoms with E-state index in [9.17, 15) is 4.79 Å². The van der Waals surface area contributed by atoms with Crippen molar-refractivity contribution in [2.75, 3.05) is 58.7 Å². The third kappa shape index (κ3) is 6.05. The van der Waals surface area contributed by atoms with Gasteiger partial charge in [0.2, 0.25) is 5.91 Å². The topological polar surface area (TPSA) is 72.0 Å². The maximum Gasteiger partial charge on any atom is 0.225 e. The van der Waals surface area contributed by atoms with E-state index in [1.807, 2.05) is 18.2 Å². The number of aliphatic imine (C=N–C) groups is 1. The van der Waals surface area contributed by atoms with E-state index in [0.717, 1.165) is 44.4 Å². The Hall–Kier alpha value is -1.39. The Morgan fingerprint density at radius 2 is 1.96 bits per heavy atom. The van der Waals surface area contributed by atoms with Crippen LogP contribution in [0.2, 0.25) is 0 Å². The Bertz CT molecular complexity index is 674. The number of likely N-dealkylation sites (N-methyl/N-ethyl adjacent to an activating group) is 1. The first-order valence-electron chi connectivity index (χ1n) is 9.82. The summed E-state index contributed by atoms with van der Waals surface area (Å²) in [7, 11) is 3.97. The lowest BCUT2D eigenvalue weighted by Gasteiger charge is -2.36. The van der Waals surface area contributed by atoms with Crippen molar-refractivity contribution in [3.05, 3.63) is 29.8 Å². The van der Waals surface area contributed by atoms with Crippen molar-refractivity contribution >= 4 is 41.5 Å². The van der Waals surface area contributed by atoms with Crippen LogP contribution in [-0.2, 0) is 4.79 Å². The molecule has 8 heteroatoms. The van der Waals surface area contributed by atoms with Crippen LogP contribution >= 0.6 is 24.0 Å². The van der Waals surface area contributed by atoms with E-state index >= 15 is 0 Å². The van der Waals surface area contributed by atoms with Crippen LogP contribution in [0.25, 0.3) is 0 Å². The molecule has 1 aromatic rings. The summed E-state index contributed by atoms with van der Waals surface area (Å²) in [6.45, 7) is 8.27. The highest BCUT2D eigenvalue weighted by Crippen LogP contribution is 2.31. The van der Waals surface area contributed by atoms with Crippen molar-refractivity contribution in [1.29, 1.82) is 0 Å². The first kappa shape index (κ1) is 22.9. The molecule has 0 aliphatic carbocycles. The van der Waals surface area contributed by atoms with E-state index in [1.165, 1.54) is 5.56 Å². The number of amides is 1. The Morgan fingerprint density at radius 3 is 2.68 bits per heavy atom. The fourth-order valence-corrected chi connectivity index (χ4v) is 3.76. The number of hydrogen-bond donors (Lipinski definition) is 3. The number of carbonyl (C=O) groups excluding carboxylic acids is 1. The molecule has 0 radical (unpaired) electrons. The lowest BCUT2D eigenvalue weighted by Crippen LogP contribution is -2.52. The number of carbonyl (C=O) groups is 1. The van der Waals surface area contributed by atoms with Crippen molar-refractivity contribution in [1.82, 2.24) is 20.4 Å². The van der Waals surface area contributed by atoms with Crippen LogP contribution in [0.1, 0.15) is 24.8 Å². The molecule has 0 aromatic heterocycles. The summed E-state index contributed by atoms with van der Waals surface area (Å²) in [6, 6.07) is 8.48. The second kappa shape index (κ2) is 11.0. The van der Waals surface area contributed by atoms with E-state index in [2.05, 4.69) is 50.8 Å².